The van der Waals surface area contributed by atoms with Crippen molar-refractivity contribution in [2.24, 2.45) is 0 Å². The van der Waals surface area contributed by atoms with Crippen molar-refractivity contribution in [3.05, 3.63) is 53.6 Å². The van der Waals surface area contributed by atoms with Gasteiger partial charge in [-0.15, -0.1) is 0 Å². The summed E-state index contributed by atoms with van der Waals surface area (Å²) >= 11 is 0. The van der Waals surface area contributed by atoms with E-state index >= 15 is 0 Å². The highest BCUT2D eigenvalue weighted by molar-refractivity contribution is 5.30. The molecule has 0 radical (unpaired) electrons. The number of hydrogen-bond donors (Lipinski definition) is 1. The highest BCUT2D eigenvalue weighted by atomic mass is 15.1. The molecular weight excluding hydrogens is 246 g/mol. The zero-order valence-corrected chi connectivity index (χ0v) is 12.9. The lowest BCUT2D eigenvalue weighted by molar-refractivity contribution is 0.559. The average molecular weight is 271 g/mol. The van der Waals surface area contributed by atoms with E-state index in [0.29, 0.717) is 5.92 Å². The van der Waals surface area contributed by atoms with Gasteiger partial charge in [-0.2, -0.15) is 0 Å². The molecule has 1 heterocycles. The number of aromatic nitrogens is 2. The highest BCUT2D eigenvalue weighted by Crippen LogP contribution is 2.23. The largest absolute Gasteiger partial charge is 0.334 e. The van der Waals surface area contributed by atoms with E-state index in [-0.39, 0.29) is 6.04 Å². The first kappa shape index (κ1) is 14.8. The third kappa shape index (κ3) is 3.10. The van der Waals surface area contributed by atoms with Gasteiger partial charge in [0.2, 0.25) is 0 Å². The fraction of sp³-hybridized carbons (Fsp3) is 0.471. The molecule has 1 aromatic carbocycles. The maximum Gasteiger partial charge on any atom is 0.130 e. The van der Waals surface area contributed by atoms with Crippen molar-refractivity contribution in [1.29, 1.82) is 0 Å². The molecule has 108 valence electrons. The Morgan fingerprint density at radius 2 is 1.75 bits per heavy atom. The standard InChI is InChI=1S/C17H25N3/c1-5-18-16(17-19-11-12-20(17)6-2)15-9-7-14(8-10-15)13(3)4/h7-13,16,18H,5-6H2,1-4H3. The SMILES string of the molecule is CCNC(c1ccc(C(C)C)cc1)c1nccn1CC. The maximum absolute atomic E-state index is 4.54. The van der Waals surface area contributed by atoms with Gasteiger partial charge in [0.15, 0.2) is 0 Å². The zero-order valence-electron chi connectivity index (χ0n) is 12.9. The summed E-state index contributed by atoms with van der Waals surface area (Å²) in [6.07, 6.45) is 3.92. The number of hydrogen-bond acceptors (Lipinski definition) is 2. The fourth-order valence-electron chi connectivity index (χ4n) is 2.48. The van der Waals surface area contributed by atoms with Gasteiger partial charge in [0.05, 0.1) is 6.04 Å². The van der Waals surface area contributed by atoms with Gasteiger partial charge in [0.25, 0.3) is 0 Å². The van der Waals surface area contributed by atoms with Crippen molar-refractivity contribution < 1.29 is 0 Å². The maximum atomic E-state index is 4.54. The quantitative estimate of drug-likeness (QED) is 0.867. The number of aryl methyl sites for hydroxylation is 1. The Morgan fingerprint density at radius 3 is 2.30 bits per heavy atom. The average Bonchev–Trinajstić information content (AvgIpc) is 2.93. The molecule has 20 heavy (non-hydrogen) atoms. The number of nitrogens with one attached hydrogen (secondary N) is 1. The van der Waals surface area contributed by atoms with Crippen LogP contribution in [-0.2, 0) is 6.54 Å². The lowest BCUT2D eigenvalue weighted by atomic mass is 9.98. The Morgan fingerprint density at radius 1 is 1.10 bits per heavy atom. The van der Waals surface area contributed by atoms with E-state index in [0.717, 1.165) is 18.9 Å². The van der Waals surface area contributed by atoms with Crippen LogP contribution in [-0.4, -0.2) is 16.1 Å². The molecule has 0 spiro atoms. The van der Waals surface area contributed by atoms with Crippen molar-refractivity contribution >= 4 is 0 Å². The fourth-order valence-corrected chi connectivity index (χ4v) is 2.48. The first-order valence-corrected chi connectivity index (χ1v) is 7.51. The second kappa shape index (κ2) is 6.71. The van der Waals surface area contributed by atoms with Gasteiger partial charge in [-0.05, 0) is 30.5 Å². The van der Waals surface area contributed by atoms with Crippen molar-refractivity contribution in [2.75, 3.05) is 6.54 Å². The Balaban J connectivity index is 2.33. The predicted molar refractivity (Wildman–Crippen MR) is 84.0 cm³/mol. The third-order valence-corrected chi connectivity index (χ3v) is 3.69. The van der Waals surface area contributed by atoms with Crippen LogP contribution in [0.3, 0.4) is 0 Å². The second-order valence-corrected chi connectivity index (χ2v) is 5.38. The van der Waals surface area contributed by atoms with Crippen LogP contribution in [0, 0.1) is 0 Å². The van der Waals surface area contributed by atoms with E-state index in [4.69, 9.17) is 0 Å². The minimum atomic E-state index is 0.163. The summed E-state index contributed by atoms with van der Waals surface area (Å²) in [7, 11) is 0. The molecule has 2 aromatic rings. The summed E-state index contributed by atoms with van der Waals surface area (Å²) in [6.45, 7) is 10.6. The summed E-state index contributed by atoms with van der Waals surface area (Å²) in [4.78, 5) is 4.54. The summed E-state index contributed by atoms with van der Waals surface area (Å²) in [6, 6.07) is 9.05. The van der Waals surface area contributed by atoms with Gasteiger partial charge >= 0.3 is 0 Å². The smallest absolute Gasteiger partial charge is 0.130 e. The molecule has 0 saturated carbocycles. The highest BCUT2D eigenvalue weighted by Gasteiger charge is 2.17. The number of rotatable bonds is 6. The van der Waals surface area contributed by atoms with E-state index in [1.807, 2.05) is 12.4 Å². The molecule has 0 aliphatic carbocycles. The van der Waals surface area contributed by atoms with Gasteiger partial charge in [-0.3, -0.25) is 0 Å². The minimum absolute atomic E-state index is 0.163. The van der Waals surface area contributed by atoms with Crippen molar-refractivity contribution in [1.82, 2.24) is 14.9 Å². The van der Waals surface area contributed by atoms with Crippen LogP contribution in [0.2, 0.25) is 0 Å². The van der Waals surface area contributed by atoms with Gasteiger partial charge in [-0.25, -0.2) is 4.98 Å². The van der Waals surface area contributed by atoms with Gasteiger partial charge in [0, 0.05) is 18.9 Å². The Bertz CT molecular complexity index is 525. The third-order valence-electron chi connectivity index (χ3n) is 3.69. The van der Waals surface area contributed by atoms with E-state index in [9.17, 15) is 0 Å². The molecule has 2 rings (SSSR count). The lowest BCUT2D eigenvalue weighted by Crippen LogP contribution is -2.25. The van der Waals surface area contributed by atoms with Crippen LogP contribution < -0.4 is 5.32 Å². The predicted octanol–water partition coefficient (Wildman–Crippen LogP) is 3.73. The van der Waals surface area contributed by atoms with Gasteiger partial charge in [-0.1, -0.05) is 45.0 Å². The van der Waals surface area contributed by atoms with Gasteiger partial charge in [0.1, 0.15) is 5.82 Å². The van der Waals surface area contributed by atoms with E-state index in [1.165, 1.54) is 11.1 Å². The first-order chi connectivity index (χ1) is 9.67. The van der Waals surface area contributed by atoms with Crippen molar-refractivity contribution in [2.45, 2.75) is 46.2 Å². The number of imidazole rings is 1. The topological polar surface area (TPSA) is 29.9 Å². The molecule has 0 bridgehead atoms. The number of benzene rings is 1. The summed E-state index contributed by atoms with van der Waals surface area (Å²) in [5, 5.41) is 3.54. The molecule has 0 saturated heterocycles. The van der Waals surface area contributed by atoms with Crippen LogP contribution >= 0.6 is 0 Å². The molecule has 0 amide bonds. The zero-order chi connectivity index (χ0) is 14.5. The normalized spacial score (nSPS) is 12.8. The van der Waals surface area contributed by atoms with Crippen molar-refractivity contribution in [3.8, 4) is 0 Å². The van der Waals surface area contributed by atoms with Gasteiger partial charge < -0.3 is 9.88 Å². The molecule has 1 aromatic heterocycles. The van der Waals surface area contributed by atoms with Crippen LogP contribution in [0.5, 0.6) is 0 Å². The van der Waals surface area contributed by atoms with Crippen LogP contribution in [0.4, 0.5) is 0 Å². The first-order valence-electron chi connectivity index (χ1n) is 7.51. The van der Waals surface area contributed by atoms with Crippen LogP contribution in [0.1, 0.15) is 56.6 Å². The van der Waals surface area contributed by atoms with E-state index < -0.39 is 0 Å². The molecule has 0 aliphatic rings. The molecule has 3 nitrogen and oxygen atoms in total. The van der Waals surface area contributed by atoms with E-state index in [2.05, 4.69) is 66.8 Å². The summed E-state index contributed by atoms with van der Waals surface area (Å²) in [5.74, 6) is 1.66. The Labute approximate surface area is 122 Å². The summed E-state index contributed by atoms with van der Waals surface area (Å²) in [5.41, 5.74) is 2.65. The lowest BCUT2D eigenvalue weighted by Gasteiger charge is -2.19. The van der Waals surface area contributed by atoms with Crippen LogP contribution in [0.15, 0.2) is 36.7 Å². The molecule has 0 aliphatic heterocycles. The Hall–Kier alpha value is -1.61. The summed E-state index contributed by atoms with van der Waals surface area (Å²) < 4.78 is 2.20. The Kier molecular flexibility index (Phi) is 4.96. The molecule has 1 atom stereocenters. The minimum Gasteiger partial charge on any atom is -0.334 e. The monoisotopic (exact) mass is 271 g/mol. The molecule has 1 N–H and O–H groups in total. The van der Waals surface area contributed by atoms with E-state index in [1.54, 1.807) is 0 Å². The molecular formula is C17H25N3. The van der Waals surface area contributed by atoms with Crippen LogP contribution in [0.25, 0.3) is 0 Å². The number of nitrogens with zero attached hydrogens (tertiary/aromatic N) is 2. The molecule has 1 unspecified atom stereocenters. The molecule has 3 heteroatoms. The molecule has 0 fully saturated rings. The second-order valence-electron chi connectivity index (χ2n) is 5.38. The van der Waals surface area contributed by atoms with Crippen molar-refractivity contribution in [3.63, 3.8) is 0 Å².